The van der Waals surface area contributed by atoms with E-state index in [0.717, 1.165) is 12.1 Å². The molecule has 2 aromatic carbocycles. The van der Waals surface area contributed by atoms with Gasteiger partial charge in [0, 0.05) is 12.1 Å². The van der Waals surface area contributed by atoms with E-state index in [4.69, 9.17) is 4.74 Å². The molecule has 2 rings (SSSR count). The number of hydrogen-bond donors (Lipinski definition) is 2. The molecule has 2 N–H and O–H groups in total. The first-order valence-electron chi connectivity index (χ1n) is 7.53. The smallest absolute Gasteiger partial charge is 0.418 e. The maximum atomic E-state index is 13.1. The van der Waals surface area contributed by atoms with Gasteiger partial charge in [0.05, 0.1) is 18.4 Å². The van der Waals surface area contributed by atoms with Gasteiger partial charge in [-0.3, -0.25) is 0 Å². The van der Waals surface area contributed by atoms with Crippen LogP contribution in [0.4, 0.5) is 32.4 Å². The lowest BCUT2D eigenvalue weighted by Crippen LogP contribution is -2.29. The summed E-state index contributed by atoms with van der Waals surface area (Å²) in [5.74, 6) is -0.167. The third kappa shape index (κ3) is 5.73. The number of carbonyl (C=O) groups excluding carboxylic acids is 1. The Bertz CT molecular complexity index is 796. The first kappa shape index (κ1) is 20.3. The fourth-order valence-corrected chi connectivity index (χ4v) is 2.20. The Morgan fingerprint density at radius 2 is 1.85 bits per heavy atom. The maximum Gasteiger partial charge on any atom is 0.418 e. The number of anilines is 1. The number of ether oxygens (including phenoxy) is 2. The molecule has 0 heterocycles. The van der Waals surface area contributed by atoms with Crippen LogP contribution in [0.1, 0.15) is 11.1 Å². The van der Waals surface area contributed by atoms with Gasteiger partial charge in [-0.2, -0.15) is 22.0 Å². The van der Waals surface area contributed by atoms with E-state index in [1.54, 1.807) is 6.07 Å². The Kier molecular flexibility index (Phi) is 6.43. The third-order valence-electron chi connectivity index (χ3n) is 3.41. The van der Waals surface area contributed by atoms with Gasteiger partial charge < -0.3 is 20.1 Å². The number of benzene rings is 2. The minimum atomic E-state index is -4.71. The summed E-state index contributed by atoms with van der Waals surface area (Å²) in [7, 11) is 1.22. The van der Waals surface area contributed by atoms with Crippen LogP contribution in [0, 0.1) is 0 Å². The van der Waals surface area contributed by atoms with E-state index in [1.165, 1.54) is 31.4 Å². The molecule has 5 nitrogen and oxygen atoms in total. The zero-order valence-corrected chi connectivity index (χ0v) is 13.9. The van der Waals surface area contributed by atoms with E-state index in [-0.39, 0.29) is 23.6 Å². The lowest BCUT2D eigenvalue weighted by Gasteiger charge is -2.16. The zero-order valence-electron chi connectivity index (χ0n) is 13.9. The Morgan fingerprint density at radius 1 is 1.15 bits per heavy atom. The van der Waals surface area contributed by atoms with Crippen LogP contribution in [0.15, 0.2) is 42.5 Å². The molecular weight excluding hydrogens is 375 g/mol. The summed E-state index contributed by atoms with van der Waals surface area (Å²) >= 11 is 0. The molecule has 0 bridgehead atoms. The standard InChI is InChI=1S/C17H15F5N2O3/c1-26-11-6-7-13(12(8-11)17(20,21)22)24-16(25)23-9-10-4-2-3-5-14(10)27-15(18)19/h2-8,15H,9H2,1H3,(H2,23,24,25). The predicted molar refractivity (Wildman–Crippen MR) is 86.9 cm³/mol. The van der Waals surface area contributed by atoms with Crippen LogP contribution in [-0.4, -0.2) is 19.8 Å². The Hall–Kier alpha value is -3.04. The van der Waals surface area contributed by atoms with Gasteiger partial charge in [0.25, 0.3) is 0 Å². The van der Waals surface area contributed by atoms with E-state index < -0.39 is 30.1 Å². The number of carbonyl (C=O) groups is 1. The maximum absolute atomic E-state index is 13.1. The van der Waals surface area contributed by atoms with Crippen LogP contribution in [0.3, 0.4) is 0 Å². The second-order valence-corrected chi connectivity index (χ2v) is 5.20. The molecule has 10 heteroatoms. The lowest BCUT2D eigenvalue weighted by atomic mass is 10.1. The fourth-order valence-electron chi connectivity index (χ4n) is 2.20. The number of amides is 2. The van der Waals surface area contributed by atoms with Crippen molar-refractivity contribution in [1.82, 2.24) is 5.32 Å². The predicted octanol–water partition coefficient (Wildman–Crippen LogP) is 4.64. The van der Waals surface area contributed by atoms with Crippen molar-refractivity contribution < 1.29 is 36.2 Å². The van der Waals surface area contributed by atoms with Gasteiger partial charge in [0.1, 0.15) is 11.5 Å². The number of rotatable bonds is 6. The Labute approximate surface area is 151 Å². The van der Waals surface area contributed by atoms with E-state index in [2.05, 4.69) is 15.4 Å². The Morgan fingerprint density at radius 3 is 2.48 bits per heavy atom. The second kappa shape index (κ2) is 8.56. The molecule has 2 aromatic rings. The van der Waals surface area contributed by atoms with Gasteiger partial charge >= 0.3 is 18.8 Å². The summed E-state index contributed by atoms with van der Waals surface area (Å²) in [6.07, 6.45) is -4.71. The second-order valence-electron chi connectivity index (χ2n) is 5.20. The molecule has 0 radical (unpaired) electrons. The van der Waals surface area contributed by atoms with Crippen molar-refractivity contribution in [1.29, 1.82) is 0 Å². The van der Waals surface area contributed by atoms with Crippen molar-refractivity contribution >= 4 is 11.7 Å². The van der Waals surface area contributed by atoms with Gasteiger partial charge in [-0.15, -0.1) is 0 Å². The molecule has 0 aliphatic rings. The Balaban J connectivity index is 2.09. The monoisotopic (exact) mass is 390 g/mol. The van der Waals surface area contributed by atoms with Gasteiger partial charge in [-0.05, 0) is 24.3 Å². The molecule has 0 aliphatic carbocycles. The lowest BCUT2D eigenvalue weighted by molar-refractivity contribution is -0.137. The summed E-state index contributed by atoms with van der Waals surface area (Å²) in [5, 5.41) is 4.38. The average molecular weight is 390 g/mol. The van der Waals surface area contributed by atoms with Gasteiger partial charge in [0.15, 0.2) is 0 Å². The van der Waals surface area contributed by atoms with Crippen molar-refractivity contribution in [3.63, 3.8) is 0 Å². The van der Waals surface area contributed by atoms with E-state index in [9.17, 15) is 26.7 Å². The SMILES string of the molecule is COc1ccc(NC(=O)NCc2ccccc2OC(F)F)c(C(F)(F)F)c1. The number of nitrogens with one attached hydrogen (secondary N) is 2. The van der Waals surface area contributed by atoms with Crippen LogP contribution in [0.25, 0.3) is 0 Å². The van der Waals surface area contributed by atoms with Crippen LogP contribution >= 0.6 is 0 Å². The number of urea groups is 1. The minimum Gasteiger partial charge on any atom is -0.497 e. The molecule has 0 aromatic heterocycles. The number of para-hydroxylation sites is 1. The molecule has 0 spiro atoms. The summed E-state index contributed by atoms with van der Waals surface area (Å²) < 4.78 is 73.2. The summed E-state index contributed by atoms with van der Waals surface area (Å²) in [4.78, 5) is 11.9. The molecule has 0 fully saturated rings. The summed E-state index contributed by atoms with van der Waals surface area (Å²) in [6.45, 7) is -3.28. The molecule has 0 unspecified atom stereocenters. The summed E-state index contributed by atoms with van der Waals surface area (Å²) in [5.41, 5.74) is -1.32. The van der Waals surface area contributed by atoms with Gasteiger partial charge in [-0.1, -0.05) is 18.2 Å². The van der Waals surface area contributed by atoms with Gasteiger partial charge in [-0.25, -0.2) is 4.79 Å². The van der Waals surface area contributed by atoms with Crippen LogP contribution < -0.4 is 20.1 Å². The largest absolute Gasteiger partial charge is 0.497 e. The van der Waals surface area contributed by atoms with Crippen molar-refractivity contribution in [2.75, 3.05) is 12.4 Å². The highest BCUT2D eigenvalue weighted by Gasteiger charge is 2.34. The van der Waals surface area contributed by atoms with Crippen LogP contribution in [0.2, 0.25) is 0 Å². The first-order valence-corrected chi connectivity index (χ1v) is 7.53. The molecule has 0 saturated carbocycles. The number of halogens is 5. The average Bonchev–Trinajstić information content (AvgIpc) is 2.60. The van der Waals surface area contributed by atoms with Crippen LogP contribution in [0.5, 0.6) is 11.5 Å². The van der Waals surface area contributed by atoms with E-state index in [0.29, 0.717) is 0 Å². The van der Waals surface area contributed by atoms with Crippen molar-refractivity contribution in [2.45, 2.75) is 19.3 Å². The zero-order chi connectivity index (χ0) is 20.0. The third-order valence-corrected chi connectivity index (χ3v) is 3.41. The molecule has 0 atom stereocenters. The molecule has 27 heavy (non-hydrogen) atoms. The highest BCUT2D eigenvalue weighted by molar-refractivity contribution is 5.90. The fraction of sp³-hybridized carbons (Fsp3) is 0.235. The first-order chi connectivity index (χ1) is 12.7. The molecule has 146 valence electrons. The van der Waals surface area contributed by atoms with Crippen molar-refractivity contribution in [3.8, 4) is 11.5 Å². The highest BCUT2D eigenvalue weighted by Crippen LogP contribution is 2.37. The molecule has 0 aliphatic heterocycles. The molecule has 2 amide bonds. The number of alkyl halides is 5. The minimum absolute atomic E-state index is 0.0219. The van der Waals surface area contributed by atoms with Crippen LogP contribution in [-0.2, 0) is 12.7 Å². The van der Waals surface area contributed by atoms with E-state index >= 15 is 0 Å². The number of methoxy groups -OCH3 is 1. The number of hydrogen-bond acceptors (Lipinski definition) is 3. The van der Waals surface area contributed by atoms with E-state index in [1.807, 2.05) is 0 Å². The highest BCUT2D eigenvalue weighted by atomic mass is 19.4. The molecular formula is C17H15F5N2O3. The van der Waals surface area contributed by atoms with Gasteiger partial charge in [0.2, 0.25) is 0 Å². The topological polar surface area (TPSA) is 59.6 Å². The quantitative estimate of drug-likeness (QED) is 0.707. The molecule has 0 saturated heterocycles. The normalized spacial score (nSPS) is 11.2. The van der Waals surface area contributed by atoms with Crippen molar-refractivity contribution in [3.05, 3.63) is 53.6 Å². The van der Waals surface area contributed by atoms with Crippen molar-refractivity contribution in [2.24, 2.45) is 0 Å². The summed E-state index contributed by atoms with van der Waals surface area (Å²) in [6, 6.07) is 7.84.